The number of nitrogens with one attached hydrogen (secondary N) is 1. The van der Waals surface area contributed by atoms with E-state index < -0.39 is 8.07 Å². The average Bonchev–Trinajstić information content (AvgIpc) is 3.56. The summed E-state index contributed by atoms with van der Waals surface area (Å²) in [6.07, 6.45) is 10.2. The standard InChI is InChI=1S/C25H41N7O2Si/c1-6-8-10-20-11-9-13-30(20)25-29-22-21(24(33)31(25)12-7-2)32(18-34-14-15-35(3,4)5)23(28-22)19-16-26-27-17-19/h16-17,20H,6-15,18H2,1-5H3,(H,26,27). The number of hydrogen-bond acceptors (Lipinski definition) is 6. The molecule has 35 heavy (non-hydrogen) atoms. The molecule has 3 aromatic heterocycles. The van der Waals surface area contributed by atoms with Crippen molar-refractivity contribution in [2.75, 3.05) is 18.1 Å². The fourth-order valence-corrected chi connectivity index (χ4v) is 5.60. The minimum atomic E-state index is -1.22. The Morgan fingerprint density at radius 3 is 2.69 bits per heavy atom. The number of nitrogens with zero attached hydrogens (tertiary/aromatic N) is 6. The van der Waals surface area contributed by atoms with E-state index >= 15 is 0 Å². The molecule has 0 spiro atoms. The van der Waals surface area contributed by atoms with Crippen molar-refractivity contribution in [2.24, 2.45) is 0 Å². The summed E-state index contributed by atoms with van der Waals surface area (Å²) >= 11 is 0. The summed E-state index contributed by atoms with van der Waals surface area (Å²) in [5.41, 5.74) is 1.78. The van der Waals surface area contributed by atoms with E-state index in [1.807, 2.05) is 9.13 Å². The van der Waals surface area contributed by atoms with Crippen LogP contribution in [0.2, 0.25) is 25.7 Å². The van der Waals surface area contributed by atoms with Crippen LogP contribution in [0.5, 0.6) is 0 Å². The number of unbranched alkanes of at least 4 members (excludes halogenated alkanes) is 1. The van der Waals surface area contributed by atoms with Crippen molar-refractivity contribution in [3.8, 4) is 11.4 Å². The number of imidazole rings is 1. The van der Waals surface area contributed by atoms with Crippen molar-refractivity contribution in [3.05, 3.63) is 22.7 Å². The summed E-state index contributed by atoms with van der Waals surface area (Å²) in [5.74, 6) is 1.43. The van der Waals surface area contributed by atoms with Crippen LogP contribution >= 0.6 is 0 Å². The van der Waals surface area contributed by atoms with Gasteiger partial charge in [0.2, 0.25) is 5.95 Å². The summed E-state index contributed by atoms with van der Waals surface area (Å²) < 4.78 is 9.84. The number of aromatic amines is 1. The molecule has 1 aliphatic heterocycles. The first-order valence-electron chi connectivity index (χ1n) is 13.2. The van der Waals surface area contributed by atoms with Gasteiger partial charge in [0.25, 0.3) is 5.56 Å². The zero-order valence-electron chi connectivity index (χ0n) is 22.0. The second-order valence-corrected chi connectivity index (χ2v) is 16.5. The molecule has 1 N–H and O–H groups in total. The number of ether oxygens (including phenoxy) is 1. The number of fused-ring (bicyclic) bond motifs is 1. The predicted octanol–water partition coefficient (Wildman–Crippen LogP) is 4.86. The molecule has 192 valence electrons. The van der Waals surface area contributed by atoms with Gasteiger partial charge < -0.3 is 9.64 Å². The highest BCUT2D eigenvalue weighted by Crippen LogP contribution is 2.29. The normalized spacial score (nSPS) is 16.6. The van der Waals surface area contributed by atoms with Crippen LogP contribution in [0.15, 0.2) is 17.2 Å². The van der Waals surface area contributed by atoms with Crippen LogP contribution in [0.1, 0.15) is 52.4 Å². The third-order valence-corrected chi connectivity index (χ3v) is 8.49. The minimum absolute atomic E-state index is 0.0379. The lowest BCUT2D eigenvalue weighted by atomic mass is 10.1. The summed E-state index contributed by atoms with van der Waals surface area (Å²) in [4.78, 5) is 26.2. The van der Waals surface area contributed by atoms with E-state index in [0.29, 0.717) is 36.2 Å². The lowest BCUT2D eigenvalue weighted by Gasteiger charge is -2.28. The Morgan fingerprint density at radius 2 is 2.00 bits per heavy atom. The molecule has 10 heteroatoms. The van der Waals surface area contributed by atoms with Crippen LogP contribution in [0.25, 0.3) is 22.6 Å². The van der Waals surface area contributed by atoms with Crippen molar-refractivity contribution >= 4 is 25.2 Å². The summed E-state index contributed by atoms with van der Waals surface area (Å²) in [7, 11) is -1.22. The molecule has 3 aromatic rings. The number of anilines is 1. The fraction of sp³-hybridized carbons (Fsp3) is 0.680. The second kappa shape index (κ2) is 11.1. The average molecular weight is 500 g/mol. The molecule has 0 amide bonds. The molecule has 0 aliphatic carbocycles. The Bertz CT molecular complexity index is 1160. The van der Waals surface area contributed by atoms with Crippen LogP contribution in [0.3, 0.4) is 0 Å². The van der Waals surface area contributed by atoms with E-state index in [4.69, 9.17) is 14.7 Å². The lowest BCUT2D eigenvalue weighted by Crippen LogP contribution is -2.36. The van der Waals surface area contributed by atoms with Gasteiger partial charge in [-0.25, -0.2) is 4.98 Å². The van der Waals surface area contributed by atoms with Crippen molar-refractivity contribution in [2.45, 2.75) is 97.4 Å². The number of hydrogen-bond donors (Lipinski definition) is 1. The summed E-state index contributed by atoms with van der Waals surface area (Å²) in [6.45, 7) is 13.8. The van der Waals surface area contributed by atoms with Crippen molar-refractivity contribution < 1.29 is 4.74 Å². The zero-order valence-corrected chi connectivity index (χ0v) is 23.0. The molecule has 1 fully saturated rings. The maximum absolute atomic E-state index is 14.0. The van der Waals surface area contributed by atoms with Gasteiger partial charge in [-0.2, -0.15) is 10.1 Å². The van der Waals surface area contributed by atoms with Crippen LogP contribution in [-0.4, -0.2) is 56.6 Å². The van der Waals surface area contributed by atoms with Gasteiger partial charge >= 0.3 is 0 Å². The molecule has 4 heterocycles. The van der Waals surface area contributed by atoms with Gasteiger partial charge in [0.1, 0.15) is 12.6 Å². The monoisotopic (exact) mass is 499 g/mol. The molecule has 0 aromatic carbocycles. The molecule has 4 rings (SSSR count). The SMILES string of the molecule is CCCCC1CCCN1c1nc2nc(-c3cn[nH]c3)n(COCC[Si](C)(C)C)c2c(=O)n1CCC. The zero-order chi connectivity index (χ0) is 25.0. The van der Waals surface area contributed by atoms with Gasteiger partial charge in [0.05, 0.1) is 11.8 Å². The maximum atomic E-state index is 14.0. The quantitative estimate of drug-likeness (QED) is 0.282. The molecule has 9 nitrogen and oxygen atoms in total. The van der Waals surface area contributed by atoms with Gasteiger partial charge in [0.15, 0.2) is 11.2 Å². The van der Waals surface area contributed by atoms with Crippen molar-refractivity contribution in [1.29, 1.82) is 0 Å². The van der Waals surface area contributed by atoms with Gasteiger partial charge in [-0.1, -0.05) is 46.3 Å². The minimum Gasteiger partial charge on any atom is -0.361 e. The molecule has 1 atom stereocenters. The van der Waals surface area contributed by atoms with E-state index in [1.54, 1.807) is 12.4 Å². The third kappa shape index (κ3) is 5.69. The first kappa shape index (κ1) is 25.6. The van der Waals surface area contributed by atoms with Crippen LogP contribution in [0, 0.1) is 0 Å². The third-order valence-electron chi connectivity index (χ3n) is 6.79. The highest BCUT2D eigenvalue weighted by molar-refractivity contribution is 6.76. The Kier molecular flexibility index (Phi) is 8.11. The summed E-state index contributed by atoms with van der Waals surface area (Å²) in [6, 6.07) is 1.50. The smallest absolute Gasteiger partial charge is 0.281 e. The largest absolute Gasteiger partial charge is 0.361 e. The number of rotatable bonds is 12. The highest BCUT2D eigenvalue weighted by Gasteiger charge is 2.30. The molecule has 1 saturated heterocycles. The van der Waals surface area contributed by atoms with Gasteiger partial charge in [-0.3, -0.25) is 19.0 Å². The number of H-pyrrole nitrogens is 1. The van der Waals surface area contributed by atoms with Gasteiger partial charge in [0, 0.05) is 40.0 Å². The fourth-order valence-electron chi connectivity index (χ4n) is 4.84. The Labute approximate surface area is 208 Å². The molecular weight excluding hydrogens is 458 g/mol. The molecule has 1 aliphatic rings. The molecule has 0 saturated carbocycles. The summed E-state index contributed by atoms with van der Waals surface area (Å²) in [5, 5.41) is 6.97. The van der Waals surface area contributed by atoms with E-state index in [2.05, 4.69) is 48.6 Å². The second-order valence-electron chi connectivity index (χ2n) is 10.9. The molecule has 0 bridgehead atoms. The Morgan fingerprint density at radius 1 is 1.17 bits per heavy atom. The molecule has 0 radical (unpaired) electrons. The molecule has 1 unspecified atom stereocenters. The Hall–Kier alpha value is -2.46. The van der Waals surface area contributed by atoms with Crippen molar-refractivity contribution in [1.82, 2.24) is 29.3 Å². The first-order chi connectivity index (χ1) is 16.8. The Balaban J connectivity index is 1.79. The van der Waals surface area contributed by atoms with Crippen LogP contribution in [0.4, 0.5) is 5.95 Å². The van der Waals surface area contributed by atoms with Crippen LogP contribution < -0.4 is 10.5 Å². The first-order valence-corrected chi connectivity index (χ1v) is 16.9. The van der Waals surface area contributed by atoms with Gasteiger partial charge in [-0.15, -0.1) is 0 Å². The number of aromatic nitrogens is 6. The van der Waals surface area contributed by atoms with Gasteiger partial charge in [-0.05, 0) is 31.7 Å². The van der Waals surface area contributed by atoms with E-state index in [0.717, 1.165) is 49.8 Å². The van der Waals surface area contributed by atoms with Crippen molar-refractivity contribution in [3.63, 3.8) is 0 Å². The van der Waals surface area contributed by atoms with Crippen LogP contribution in [-0.2, 0) is 18.0 Å². The highest BCUT2D eigenvalue weighted by atomic mass is 28.3. The predicted molar refractivity (Wildman–Crippen MR) is 144 cm³/mol. The lowest BCUT2D eigenvalue weighted by molar-refractivity contribution is 0.0908. The molecular formula is C25H41N7O2Si. The topological polar surface area (TPSA) is 93.9 Å². The van der Waals surface area contributed by atoms with E-state index in [-0.39, 0.29) is 12.3 Å². The van der Waals surface area contributed by atoms with E-state index in [9.17, 15) is 4.79 Å². The van der Waals surface area contributed by atoms with E-state index in [1.165, 1.54) is 12.8 Å². The maximum Gasteiger partial charge on any atom is 0.281 e.